The van der Waals surface area contributed by atoms with Crippen LogP contribution in [0.2, 0.25) is 0 Å². The van der Waals surface area contributed by atoms with Crippen molar-refractivity contribution < 1.29 is 0 Å². The van der Waals surface area contributed by atoms with Crippen molar-refractivity contribution in [1.82, 2.24) is 9.55 Å². The van der Waals surface area contributed by atoms with Crippen LogP contribution in [-0.4, -0.2) is 9.55 Å². The molecule has 2 aromatic rings. The molecule has 0 aliphatic heterocycles. The van der Waals surface area contributed by atoms with E-state index < -0.39 is 0 Å². The predicted octanol–water partition coefficient (Wildman–Crippen LogP) is 5.42. The molecule has 0 spiro atoms. The fourth-order valence-corrected chi connectivity index (χ4v) is 3.59. The van der Waals surface area contributed by atoms with Gasteiger partial charge in [-0.1, -0.05) is 42.5 Å². The Balaban J connectivity index is 2.92. The Morgan fingerprint density at radius 3 is 1.89 bits per heavy atom. The Bertz CT molecular complexity index is 1030. The lowest BCUT2D eigenvalue weighted by atomic mass is 10.1. The van der Waals surface area contributed by atoms with Crippen LogP contribution in [0.5, 0.6) is 0 Å². The lowest BCUT2D eigenvalue weighted by molar-refractivity contribution is 0.875. The minimum absolute atomic E-state index is 1.15. The number of nitrogens with zero attached hydrogens (tertiary/aromatic N) is 1. The summed E-state index contributed by atoms with van der Waals surface area (Å²) >= 11 is 0. The lowest BCUT2D eigenvalue weighted by Crippen LogP contribution is -2.28. The van der Waals surface area contributed by atoms with Crippen LogP contribution < -0.4 is 10.6 Å². The molecule has 0 amide bonds. The first-order chi connectivity index (χ1) is 13.0. The summed E-state index contributed by atoms with van der Waals surface area (Å²) in [6.07, 6.45) is 21.5. The third-order valence-electron chi connectivity index (χ3n) is 4.82. The standard InChI is InChI=1S/C25H32N2/c1-8-13-19-18(6)23(26-22(19)15-10-3)17-21-20(14-9-2)25(16-11-4)27(7)24(21)12-5/h8-17,26H,1-7H3/b13-8-,14-9-,15-10-,16-11-,21-17-,24-12+. The van der Waals surface area contributed by atoms with Gasteiger partial charge < -0.3 is 9.55 Å². The molecule has 2 aromatic heterocycles. The maximum Gasteiger partial charge on any atom is 0.0485 e. The fourth-order valence-electron chi connectivity index (χ4n) is 3.59. The van der Waals surface area contributed by atoms with Crippen molar-refractivity contribution in [2.45, 2.75) is 41.5 Å². The van der Waals surface area contributed by atoms with E-state index >= 15 is 0 Å². The average Bonchev–Trinajstić information content (AvgIpc) is 3.06. The molecule has 0 saturated heterocycles. The smallest absolute Gasteiger partial charge is 0.0485 e. The molecule has 0 aliphatic carbocycles. The van der Waals surface area contributed by atoms with E-state index in [1.54, 1.807) is 0 Å². The van der Waals surface area contributed by atoms with Crippen LogP contribution in [0, 0.1) is 6.92 Å². The van der Waals surface area contributed by atoms with Crippen LogP contribution in [0.15, 0.2) is 24.3 Å². The highest BCUT2D eigenvalue weighted by Crippen LogP contribution is 2.22. The van der Waals surface area contributed by atoms with Crippen LogP contribution in [0.1, 0.15) is 68.4 Å². The third-order valence-corrected chi connectivity index (χ3v) is 4.82. The molecule has 0 fully saturated rings. The minimum Gasteiger partial charge on any atom is -0.355 e. The number of H-pyrrole nitrogens is 1. The number of rotatable bonds is 5. The Kier molecular flexibility index (Phi) is 7.06. The zero-order valence-electron chi connectivity index (χ0n) is 17.7. The zero-order valence-corrected chi connectivity index (χ0v) is 17.7. The fraction of sp³-hybridized carbons (Fsp3) is 0.280. The topological polar surface area (TPSA) is 20.7 Å². The van der Waals surface area contributed by atoms with E-state index in [0.717, 1.165) is 11.4 Å². The van der Waals surface area contributed by atoms with Gasteiger partial charge in [0, 0.05) is 45.8 Å². The molecule has 2 heteroatoms. The van der Waals surface area contributed by atoms with Gasteiger partial charge in [-0.3, -0.25) is 0 Å². The third kappa shape index (κ3) is 4.00. The van der Waals surface area contributed by atoms with E-state index in [4.69, 9.17) is 0 Å². The SMILES string of the molecule is C/C=C\c1[nH]c(/C=c2/c(/C=C\C)c(/C=C\C)n(C)/c2=C/C)c(C)c1/C=C\C. The van der Waals surface area contributed by atoms with Gasteiger partial charge in [0.15, 0.2) is 0 Å². The second-order valence-electron chi connectivity index (χ2n) is 6.58. The summed E-state index contributed by atoms with van der Waals surface area (Å²) in [4.78, 5) is 3.61. The first-order valence-corrected chi connectivity index (χ1v) is 9.64. The molecule has 2 rings (SSSR count). The van der Waals surface area contributed by atoms with E-state index in [0.29, 0.717) is 0 Å². The van der Waals surface area contributed by atoms with Crippen LogP contribution >= 0.6 is 0 Å². The summed E-state index contributed by atoms with van der Waals surface area (Å²) in [7, 11) is 2.13. The molecule has 27 heavy (non-hydrogen) atoms. The number of hydrogen-bond acceptors (Lipinski definition) is 0. The van der Waals surface area contributed by atoms with Crippen molar-refractivity contribution in [2.75, 3.05) is 0 Å². The number of aromatic amines is 1. The van der Waals surface area contributed by atoms with Gasteiger partial charge in [0.05, 0.1) is 0 Å². The molecule has 0 bridgehead atoms. The predicted molar refractivity (Wildman–Crippen MR) is 123 cm³/mol. The monoisotopic (exact) mass is 360 g/mol. The summed E-state index contributed by atoms with van der Waals surface area (Å²) in [5.41, 5.74) is 7.30. The van der Waals surface area contributed by atoms with Gasteiger partial charge in [-0.05, 0) is 65.3 Å². The highest BCUT2D eigenvalue weighted by molar-refractivity contribution is 5.73. The zero-order chi connectivity index (χ0) is 20.0. The Labute approximate surface area is 163 Å². The van der Waals surface area contributed by atoms with Crippen molar-refractivity contribution >= 4 is 36.5 Å². The first kappa shape index (κ1) is 20.6. The molecule has 1 N–H and O–H groups in total. The van der Waals surface area contributed by atoms with E-state index in [2.05, 4.69) is 112 Å². The van der Waals surface area contributed by atoms with E-state index in [1.165, 1.54) is 33.0 Å². The highest BCUT2D eigenvalue weighted by atomic mass is 14.9. The van der Waals surface area contributed by atoms with E-state index in [9.17, 15) is 0 Å². The Morgan fingerprint density at radius 2 is 1.33 bits per heavy atom. The number of allylic oxidation sites excluding steroid dienone is 4. The van der Waals surface area contributed by atoms with Crippen LogP contribution in [-0.2, 0) is 7.05 Å². The quantitative estimate of drug-likeness (QED) is 0.735. The van der Waals surface area contributed by atoms with Gasteiger partial charge in [0.2, 0.25) is 0 Å². The van der Waals surface area contributed by atoms with E-state index in [-0.39, 0.29) is 0 Å². The molecular formula is C25H32N2. The summed E-state index contributed by atoms with van der Waals surface area (Å²) in [6, 6.07) is 0. The molecule has 142 valence electrons. The summed E-state index contributed by atoms with van der Waals surface area (Å²) in [6.45, 7) is 12.5. The van der Waals surface area contributed by atoms with Crippen LogP contribution in [0.3, 0.4) is 0 Å². The van der Waals surface area contributed by atoms with Gasteiger partial charge in [0.1, 0.15) is 0 Å². The van der Waals surface area contributed by atoms with Crippen molar-refractivity contribution in [1.29, 1.82) is 0 Å². The average molecular weight is 361 g/mol. The number of aromatic nitrogens is 2. The largest absolute Gasteiger partial charge is 0.355 e. The molecular weight excluding hydrogens is 328 g/mol. The number of nitrogens with one attached hydrogen (secondary N) is 1. The van der Waals surface area contributed by atoms with Gasteiger partial charge in [-0.15, -0.1) is 0 Å². The van der Waals surface area contributed by atoms with Crippen molar-refractivity contribution in [3.8, 4) is 0 Å². The molecule has 0 unspecified atom stereocenters. The van der Waals surface area contributed by atoms with Crippen LogP contribution in [0.25, 0.3) is 36.5 Å². The van der Waals surface area contributed by atoms with Gasteiger partial charge in [-0.2, -0.15) is 0 Å². The molecule has 2 heterocycles. The molecule has 0 radical (unpaired) electrons. The second-order valence-corrected chi connectivity index (χ2v) is 6.58. The minimum atomic E-state index is 1.15. The van der Waals surface area contributed by atoms with Gasteiger partial charge >= 0.3 is 0 Å². The molecule has 0 atom stereocenters. The van der Waals surface area contributed by atoms with Gasteiger partial charge in [0.25, 0.3) is 0 Å². The van der Waals surface area contributed by atoms with E-state index in [1.807, 2.05) is 6.92 Å². The number of hydrogen-bond donors (Lipinski definition) is 1. The van der Waals surface area contributed by atoms with Crippen molar-refractivity contribution in [2.24, 2.45) is 7.05 Å². The normalized spacial score (nSPS) is 14.3. The van der Waals surface area contributed by atoms with Crippen molar-refractivity contribution in [3.63, 3.8) is 0 Å². The Hall–Kier alpha value is -2.74. The molecule has 0 aliphatic rings. The van der Waals surface area contributed by atoms with Crippen LogP contribution in [0.4, 0.5) is 0 Å². The molecule has 0 aromatic carbocycles. The highest BCUT2D eigenvalue weighted by Gasteiger charge is 2.11. The maximum atomic E-state index is 3.61. The van der Waals surface area contributed by atoms with Gasteiger partial charge in [-0.25, -0.2) is 0 Å². The summed E-state index contributed by atoms with van der Waals surface area (Å²) in [5, 5.41) is 2.47. The molecule has 2 nitrogen and oxygen atoms in total. The lowest BCUT2D eigenvalue weighted by Gasteiger charge is -1.98. The second kappa shape index (κ2) is 9.27. The van der Waals surface area contributed by atoms with Crippen molar-refractivity contribution in [3.05, 3.63) is 68.6 Å². The Morgan fingerprint density at radius 1 is 0.741 bits per heavy atom. The molecule has 0 saturated carbocycles. The summed E-state index contributed by atoms with van der Waals surface area (Å²) in [5.74, 6) is 0. The maximum absolute atomic E-state index is 3.61. The first-order valence-electron chi connectivity index (χ1n) is 9.64. The summed E-state index contributed by atoms with van der Waals surface area (Å²) < 4.78 is 2.26.